The van der Waals surface area contributed by atoms with Crippen molar-refractivity contribution in [3.63, 3.8) is 0 Å². The first-order valence-corrected chi connectivity index (χ1v) is 12.6. The first-order chi connectivity index (χ1) is 16.5. The van der Waals surface area contributed by atoms with Crippen molar-refractivity contribution in [3.05, 3.63) is 36.4 Å². The number of hydrogen-bond acceptors (Lipinski definition) is 5. The highest BCUT2D eigenvalue weighted by molar-refractivity contribution is 6.39. The van der Waals surface area contributed by atoms with Crippen LogP contribution in [0, 0.1) is 0 Å². The first-order valence-electron chi connectivity index (χ1n) is 12.6. The second-order valence-corrected chi connectivity index (χ2v) is 9.39. The van der Waals surface area contributed by atoms with Crippen molar-refractivity contribution in [2.75, 3.05) is 25.5 Å². The maximum atomic E-state index is 13.5. The summed E-state index contributed by atoms with van der Waals surface area (Å²) in [7, 11) is 1.60. The molecule has 186 valence electrons. The van der Waals surface area contributed by atoms with Gasteiger partial charge >= 0.3 is 0 Å². The number of nitrogens with zero attached hydrogens (tertiary/aromatic N) is 1. The molecule has 0 spiro atoms. The molecule has 0 bridgehead atoms. The molecular weight excluding hydrogens is 430 g/mol. The molecule has 2 aliphatic rings. The van der Waals surface area contributed by atoms with Gasteiger partial charge in [0.2, 0.25) is 11.7 Å². The third-order valence-corrected chi connectivity index (χ3v) is 6.97. The quantitative estimate of drug-likeness (QED) is 0.354. The Balaban J connectivity index is 1.74. The topological polar surface area (TPSA) is 87.7 Å². The van der Waals surface area contributed by atoms with Gasteiger partial charge in [0.15, 0.2) is 0 Å². The normalized spacial score (nSPS) is 18.4. The number of carbonyl (C=O) groups is 3. The third kappa shape index (κ3) is 6.39. The number of nitrogens with one attached hydrogen (secondary N) is 2. The average molecular weight is 470 g/mol. The Morgan fingerprint density at radius 3 is 2.68 bits per heavy atom. The first kappa shape index (κ1) is 25.8. The second kappa shape index (κ2) is 12.6. The van der Waals surface area contributed by atoms with Gasteiger partial charge in [0, 0.05) is 30.4 Å². The molecular formula is C27H39N3O4. The molecule has 2 unspecified atom stereocenters. The van der Waals surface area contributed by atoms with Crippen LogP contribution in [0.25, 0.3) is 0 Å². The van der Waals surface area contributed by atoms with Gasteiger partial charge in [-0.15, -0.1) is 6.58 Å². The maximum absolute atomic E-state index is 13.5. The summed E-state index contributed by atoms with van der Waals surface area (Å²) >= 11 is 0. The van der Waals surface area contributed by atoms with Crippen LogP contribution < -0.4 is 15.4 Å². The van der Waals surface area contributed by atoms with Crippen LogP contribution in [0.2, 0.25) is 0 Å². The van der Waals surface area contributed by atoms with Gasteiger partial charge in [-0.05, 0) is 43.7 Å². The summed E-state index contributed by atoms with van der Waals surface area (Å²) in [4.78, 5) is 41.4. The van der Waals surface area contributed by atoms with E-state index < -0.39 is 17.6 Å². The summed E-state index contributed by atoms with van der Waals surface area (Å²) < 4.78 is 5.27. The summed E-state index contributed by atoms with van der Waals surface area (Å²) in [6.45, 7) is 6.16. The van der Waals surface area contributed by atoms with Crippen LogP contribution in [0.3, 0.4) is 0 Å². The molecule has 1 saturated carbocycles. The highest BCUT2D eigenvalue weighted by Crippen LogP contribution is 2.35. The summed E-state index contributed by atoms with van der Waals surface area (Å²) in [5.74, 6) is -1.04. The fourth-order valence-corrected chi connectivity index (χ4v) is 5.11. The monoisotopic (exact) mass is 469 g/mol. The third-order valence-electron chi connectivity index (χ3n) is 6.97. The van der Waals surface area contributed by atoms with Crippen molar-refractivity contribution >= 4 is 23.3 Å². The number of benzene rings is 1. The van der Waals surface area contributed by atoms with Gasteiger partial charge in [-0.3, -0.25) is 14.4 Å². The van der Waals surface area contributed by atoms with E-state index in [0.29, 0.717) is 12.3 Å². The van der Waals surface area contributed by atoms with E-state index in [-0.39, 0.29) is 24.5 Å². The van der Waals surface area contributed by atoms with Crippen LogP contribution >= 0.6 is 0 Å². The molecule has 1 aliphatic heterocycles. The lowest BCUT2D eigenvalue weighted by Gasteiger charge is -2.34. The SMILES string of the molecule is C=CCCC(CCC)NC(=O)CN(C(=O)C(=O)C1CNc2cc(OC)ccc21)C1CCCCC1. The van der Waals surface area contributed by atoms with Crippen LogP contribution in [0.1, 0.15) is 76.2 Å². The molecule has 0 aromatic heterocycles. The van der Waals surface area contributed by atoms with Crippen LogP contribution in [-0.2, 0) is 14.4 Å². The number of amides is 2. The van der Waals surface area contributed by atoms with E-state index in [0.717, 1.165) is 69.0 Å². The molecule has 0 saturated heterocycles. The molecule has 1 fully saturated rings. The highest BCUT2D eigenvalue weighted by Gasteiger charge is 2.38. The van der Waals surface area contributed by atoms with Crippen molar-refractivity contribution < 1.29 is 19.1 Å². The average Bonchev–Trinajstić information content (AvgIpc) is 3.28. The minimum absolute atomic E-state index is 0.0513. The standard InChI is InChI=1S/C27H39N3O4/c1-4-6-11-19(10-5-2)29-25(31)18-30(20-12-8-7-9-13-20)27(33)26(32)23-17-28-24-16-21(34-3)14-15-22(23)24/h4,14-16,19-20,23,28H,1,5-13,17-18H2,2-3H3,(H,29,31). The van der Waals surface area contributed by atoms with Crippen LogP contribution in [0.15, 0.2) is 30.9 Å². The van der Waals surface area contributed by atoms with E-state index >= 15 is 0 Å². The number of Topliss-reactive ketones (excluding diaryl/α,β-unsaturated/α-hetero) is 1. The fraction of sp³-hybridized carbons (Fsp3) is 0.593. The summed E-state index contributed by atoms with van der Waals surface area (Å²) in [5, 5.41) is 6.32. The van der Waals surface area contributed by atoms with Crippen LogP contribution in [-0.4, -0.2) is 54.8 Å². The highest BCUT2D eigenvalue weighted by atomic mass is 16.5. The van der Waals surface area contributed by atoms with E-state index in [4.69, 9.17) is 4.74 Å². The lowest BCUT2D eigenvalue weighted by molar-refractivity contribution is -0.149. The number of hydrogen-bond donors (Lipinski definition) is 2. The number of allylic oxidation sites excluding steroid dienone is 1. The van der Waals surface area contributed by atoms with Crippen molar-refractivity contribution in [3.8, 4) is 5.75 Å². The molecule has 1 aromatic carbocycles. The van der Waals surface area contributed by atoms with E-state index in [1.807, 2.05) is 18.2 Å². The zero-order chi connectivity index (χ0) is 24.5. The van der Waals surface area contributed by atoms with Gasteiger partial charge < -0.3 is 20.3 Å². The van der Waals surface area contributed by atoms with E-state index in [1.165, 1.54) is 0 Å². The van der Waals surface area contributed by atoms with Crippen molar-refractivity contribution in [1.29, 1.82) is 0 Å². The molecule has 0 radical (unpaired) electrons. The molecule has 2 amide bonds. The van der Waals surface area contributed by atoms with Crippen molar-refractivity contribution in [2.24, 2.45) is 0 Å². The summed E-state index contributed by atoms with van der Waals surface area (Å²) in [6, 6.07) is 5.47. The van der Waals surface area contributed by atoms with E-state index in [2.05, 4.69) is 24.1 Å². The Morgan fingerprint density at radius 1 is 1.24 bits per heavy atom. The number of fused-ring (bicyclic) bond motifs is 1. The number of rotatable bonds is 12. The number of ketones is 1. The van der Waals surface area contributed by atoms with Gasteiger partial charge in [0.25, 0.3) is 5.91 Å². The summed E-state index contributed by atoms with van der Waals surface area (Å²) in [6.07, 6.45) is 10.2. The predicted octanol–water partition coefficient (Wildman–Crippen LogP) is 4.19. The zero-order valence-corrected chi connectivity index (χ0v) is 20.6. The van der Waals surface area contributed by atoms with E-state index in [9.17, 15) is 14.4 Å². The van der Waals surface area contributed by atoms with Gasteiger partial charge in [0.1, 0.15) is 12.3 Å². The van der Waals surface area contributed by atoms with Crippen LogP contribution in [0.4, 0.5) is 5.69 Å². The molecule has 7 heteroatoms. The molecule has 2 N–H and O–H groups in total. The number of carbonyl (C=O) groups excluding carboxylic acids is 3. The molecule has 1 aliphatic carbocycles. The van der Waals surface area contributed by atoms with Crippen molar-refractivity contribution in [2.45, 2.75) is 82.7 Å². The predicted molar refractivity (Wildman–Crippen MR) is 134 cm³/mol. The largest absolute Gasteiger partial charge is 0.497 e. The minimum Gasteiger partial charge on any atom is -0.497 e. The Labute approximate surface area is 203 Å². The molecule has 34 heavy (non-hydrogen) atoms. The van der Waals surface area contributed by atoms with E-state index in [1.54, 1.807) is 18.1 Å². The zero-order valence-electron chi connectivity index (χ0n) is 20.6. The van der Waals surface area contributed by atoms with Gasteiger partial charge in [-0.2, -0.15) is 0 Å². The Hall–Kier alpha value is -2.83. The molecule has 7 nitrogen and oxygen atoms in total. The van der Waals surface area contributed by atoms with Crippen molar-refractivity contribution in [1.82, 2.24) is 10.2 Å². The number of methoxy groups -OCH3 is 1. The van der Waals surface area contributed by atoms with Gasteiger partial charge in [0.05, 0.1) is 13.0 Å². The van der Waals surface area contributed by atoms with Gasteiger partial charge in [-0.25, -0.2) is 0 Å². The second-order valence-electron chi connectivity index (χ2n) is 9.39. The smallest absolute Gasteiger partial charge is 0.291 e. The molecule has 3 rings (SSSR count). The number of ether oxygens (including phenoxy) is 1. The molecule has 1 aromatic rings. The Kier molecular flexibility index (Phi) is 9.54. The maximum Gasteiger partial charge on any atom is 0.291 e. The molecule has 1 heterocycles. The Bertz CT molecular complexity index is 879. The minimum atomic E-state index is -0.553. The van der Waals surface area contributed by atoms with Gasteiger partial charge in [-0.1, -0.05) is 44.7 Å². The Morgan fingerprint density at radius 2 is 2.00 bits per heavy atom. The van der Waals surface area contributed by atoms with Crippen LogP contribution in [0.5, 0.6) is 5.75 Å². The summed E-state index contributed by atoms with van der Waals surface area (Å²) in [5.41, 5.74) is 1.62. The lowest BCUT2D eigenvalue weighted by Crippen LogP contribution is -2.51. The number of anilines is 1. The fourth-order valence-electron chi connectivity index (χ4n) is 5.11. The molecule has 2 atom stereocenters. The lowest BCUT2D eigenvalue weighted by atomic mass is 9.91.